The fraction of sp³-hybridized carbons (Fsp3) is 0.417. The van der Waals surface area contributed by atoms with Gasteiger partial charge in [-0.15, -0.1) is 0 Å². The van der Waals surface area contributed by atoms with E-state index in [2.05, 4.69) is 0 Å². The molecule has 19 heavy (non-hydrogen) atoms. The molecule has 1 aliphatic heterocycles. The van der Waals surface area contributed by atoms with Crippen molar-refractivity contribution in [3.63, 3.8) is 0 Å². The molecule has 0 bridgehead atoms. The first-order valence-corrected chi connectivity index (χ1v) is 8.43. The Labute approximate surface area is 123 Å². The van der Waals surface area contributed by atoms with Crippen LogP contribution >= 0.6 is 23.8 Å². The van der Waals surface area contributed by atoms with Gasteiger partial charge >= 0.3 is 0 Å². The number of hydrogen-bond acceptors (Lipinski definition) is 4. The van der Waals surface area contributed by atoms with Gasteiger partial charge in [0.2, 0.25) is 0 Å². The van der Waals surface area contributed by atoms with Gasteiger partial charge in [-0.2, -0.15) is 0 Å². The molecule has 0 spiro atoms. The molecule has 0 aromatic heterocycles. The fourth-order valence-electron chi connectivity index (χ4n) is 2.21. The third-order valence-electron chi connectivity index (χ3n) is 3.38. The van der Waals surface area contributed by atoms with Crippen LogP contribution in [0.15, 0.2) is 18.2 Å². The molecule has 4 nitrogen and oxygen atoms in total. The molecule has 1 unspecified atom stereocenters. The van der Waals surface area contributed by atoms with Crippen LogP contribution in [0.1, 0.15) is 12.0 Å². The highest BCUT2D eigenvalue weighted by atomic mass is 35.5. The Balaban J connectivity index is 2.23. The first kappa shape index (κ1) is 14.6. The monoisotopic (exact) mass is 318 g/mol. The Morgan fingerprint density at radius 3 is 2.68 bits per heavy atom. The van der Waals surface area contributed by atoms with E-state index in [1.54, 1.807) is 12.1 Å². The van der Waals surface area contributed by atoms with Crippen LogP contribution < -0.4 is 10.6 Å². The van der Waals surface area contributed by atoms with E-state index in [1.165, 1.54) is 0 Å². The van der Waals surface area contributed by atoms with Crippen LogP contribution in [-0.4, -0.2) is 38.0 Å². The zero-order valence-electron chi connectivity index (χ0n) is 10.5. The summed E-state index contributed by atoms with van der Waals surface area (Å²) >= 11 is 11.0. The number of hydrogen-bond donors (Lipinski definition) is 1. The lowest BCUT2D eigenvalue weighted by molar-refractivity contribution is 0.601. The summed E-state index contributed by atoms with van der Waals surface area (Å²) in [5.74, 6) is 0.443. The number of rotatable bonds is 3. The van der Waals surface area contributed by atoms with Crippen molar-refractivity contribution in [2.24, 2.45) is 5.73 Å². The minimum absolute atomic E-state index is 0.00301. The van der Waals surface area contributed by atoms with Crippen molar-refractivity contribution in [2.45, 2.75) is 12.5 Å². The van der Waals surface area contributed by atoms with Crippen molar-refractivity contribution in [2.75, 3.05) is 23.5 Å². The molecule has 1 saturated heterocycles. The molecule has 104 valence electrons. The van der Waals surface area contributed by atoms with Gasteiger partial charge in [-0.25, -0.2) is 8.42 Å². The lowest BCUT2D eigenvalue weighted by Crippen LogP contribution is -2.32. The number of thiocarbonyl (C=S) groups is 1. The molecule has 1 aromatic rings. The Bertz CT molecular complexity index is 616. The molecule has 2 rings (SSSR count). The third-order valence-corrected chi connectivity index (χ3v) is 5.66. The van der Waals surface area contributed by atoms with Gasteiger partial charge in [0, 0.05) is 24.3 Å². The highest BCUT2D eigenvalue weighted by Gasteiger charge is 2.30. The second-order valence-electron chi connectivity index (χ2n) is 4.70. The molecule has 0 aliphatic carbocycles. The van der Waals surface area contributed by atoms with Gasteiger partial charge in [0.1, 0.15) is 4.99 Å². The molecule has 1 aliphatic rings. The molecule has 0 saturated carbocycles. The molecule has 2 N–H and O–H groups in total. The summed E-state index contributed by atoms with van der Waals surface area (Å²) in [4.78, 5) is 2.20. The zero-order chi connectivity index (χ0) is 14.2. The van der Waals surface area contributed by atoms with Crippen LogP contribution in [0.25, 0.3) is 0 Å². The third kappa shape index (κ3) is 3.19. The summed E-state index contributed by atoms with van der Waals surface area (Å²) in [6.45, 7) is 0. The standard InChI is InChI=1S/C12H15ClN2O2S2/c1-15(9-4-5-19(16,17)7-9)8-2-3-10(12(14)18)11(13)6-8/h2-3,6,9H,4-5,7H2,1H3,(H2,14,18). The van der Waals surface area contributed by atoms with Crippen molar-refractivity contribution in [1.82, 2.24) is 0 Å². The largest absolute Gasteiger partial charge is 0.389 e. The molecule has 1 fully saturated rings. The maximum absolute atomic E-state index is 11.5. The highest BCUT2D eigenvalue weighted by Crippen LogP contribution is 2.27. The lowest BCUT2D eigenvalue weighted by Gasteiger charge is -2.26. The van der Waals surface area contributed by atoms with E-state index in [9.17, 15) is 8.42 Å². The van der Waals surface area contributed by atoms with E-state index in [0.29, 0.717) is 17.0 Å². The van der Waals surface area contributed by atoms with Crippen LogP contribution in [-0.2, 0) is 9.84 Å². The molecule has 1 aromatic carbocycles. The molecule has 1 atom stereocenters. The predicted octanol–water partition coefficient (Wildman–Crippen LogP) is 1.60. The minimum atomic E-state index is -2.90. The smallest absolute Gasteiger partial charge is 0.152 e. The van der Waals surface area contributed by atoms with Crippen LogP contribution in [0, 0.1) is 0 Å². The van der Waals surface area contributed by atoms with Crippen LogP contribution in [0.3, 0.4) is 0 Å². The Morgan fingerprint density at radius 2 is 2.21 bits per heavy atom. The van der Waals surface area contributed by atoms with Crippen LogP contribution in [0.2, 0.25) is 5.02 Å². The van der Waals surface area contributed by atoms with E-state index in [0.717, 1.165) is 5.69 Å². The minimum Gasteiger partial charge on any atom is -0.389 e. The van der Waals surface area contributed by atoms with E-state index in [-0.39, 0.29) is 22.5 Å². The molecule has 1 heterocycles. The zero-order valence-corrected chi connectivity index (χ0v) is 12.9. The summed E-state index contributed by atoms with van der Waals surface area (Å²) in [5.41, 5.74) is 7.05. The second-order valence-corrected chi connectivity index (χ2v) is 7.77. The summed E-state index contributed by atoms with van der Waals surface area (Å²) in [6.07, 6.45) is 0.646. The molecular formula is C12H15ClN2O2S2. The summed E-state index contributed by atoms with van der Waals surface area (Å²) < 4.78 is 23.0. The van der Waals surface area contributed by atoms with Gasteiger partial charge in [0.25, 0.3) is 0 Å². The maximum atomic E-state index is 11.5. The normalized spacial score (nSPS) is 21.3. The van der Waals surface area contributed by atoms with Gasteiger partial charge in [-0.05, 0) is 24.6 Å². The van der Waals surface area contributed by atoms with E-state index in [1.807, 2.05) is 18.0 Å². The maximum Gasteiger partial charge on any atom is 0.152 e. The first-order valence-electron chi connectivity index (χ1n) is 5.83. The Morgan fingerprint density at radius 1 is 1.53 bits per heavy atom. The number of nitrogens with zero attached hydrogens (tertiary/aromatic N) is 1. The van der Waals surface area contributed by atoms with Gasteiger partial charge in [0.05, 0.1) is 16.5 Å². The average molecular weight is 319 g/mol. The van der Waals surface area contributed by atoms with Gasteiger partial charge in [0.15, 0.2) is 9.84 Å². The van der Waals surface area contributed by atoms with Gasteiger partial charge < -0.3 is 10.6 Å². The summed E-state index contributed by atoms with van der Waals surface area (Å²) in [7, 11) is -1.02. The second kappa shape index (κ2) is 5.26. The summed E-state index contributed by atoms with van der Waals surface area (Å²) in [5, 5.41) is 0.484. The Hall–Kier alpha value is -0.850. The topological polar surface area (TPSA) is 63.4 Å². The van der Waals surface area contributed by atoms with Crippen molar-refractivity contribution in [1.29, 1.82) is 0 Å². The molecule has 7 heteroatoms. The lowest BCUT2D eigenvalue weighted by atomic mass is 10.1. The summed E-state index contributed by atoms with van der Waals surface area (Å²) in [6, 6.07) is 5.38. The quantitative estimate of drug-likeness (QED) is 0.858. The van der Waals surface area contributed by atoms with E-state index >= 15 is 0 Å². The van der Waals surface area contributed by atoms with Gasteiger partial charge in [-0.1, -0.05) is 23.8 Å². The van der Waals surface area contributed by atoms with E-state index in [4.69, 9.17) is 29.6 Å². The van der Waals surface area contributed by atoms with Gasteiger partial charge in [-0.3, -0.25) is 0 Å². The molecule has 0 amide bonds. The van der Waals surface area contributed by atoms with Crippen molar-refractivity contribution < 1.29 is 8.42 Å². The predicted molar refractivity (Wildman–Crippen MR) is 82.8 cm³/mol. The highest BCUT2D eigenvalue weighted by molar-refractivity contribution is 7.91. The van der Waals surface area contributed by atoms with Crippen LogP contribution in [0.5, 0.6) is 0 Å². The number of benzene rings is 1. The van der Waals surface area contributed by atoms with Crippen molar-refractivity contribution >= 4 is 44.3 Å². The molecular weight excluding hydrogens is 304 g/mol. The first-order chi connectivity index (χ1) is 8.80. The van der Waals surface area contributed by atoms with Crippen LogP contribution in [0.4, 0.5) is 5.69 Å². The Kier molecular flexibility index (Phi) is 4.03. The fourth-order valence-corrected chi connectivity index (χ4v) is 4.50. The van der Waals surface area contributed by atoms with E-state index < -0.39 is 9.84 Å². The van der Waals surface area contributed by atoms with Crippen molar-refractivity contribution in [3.8, 4) is 0 Å². The number of anilines is 1. The number of nitrogens with two attached hydrogens (primary N) is 1. The SMILES string of the molecule is CN(c1ccc(C(N)=S)c(Cl)c1)C1CCS(=O)(=O)C1. The number of sulfone groups is 1. The molecule has 0 radical (unpaired) electrons. The van der Waals surface area contributed by atoms with Crippen molar-refractivity contribution in [3.05, 3.63) is 28.8 Å². The number of halogens is 1. The average Bonchev–Trinajstić information content (AvgIpc) is 2.68.